The molecular formula is C14H23NO3. The molecule has 0 aliphatic rings. The van der Waals surface area contributed by atoms with E-state index < -0.39 is 6.10 Å². The van der Waals surface area contributed by atoms with Crippen molar-refractivity contribution in [2.45, 2.75) is 39.0 Å². The number of hydrogen-bond donors (Lipinski definition) is 2. The summed E-state index contributed by atoms with van der Waals surface area (Å²) in [4.78, 5) is 0. The van der Waals surface area contributed by atoms with Gasteiger partial charge in [-0.2, -0.15) is 0 Å². The summed E-state index contributed by atoms with van der Waals surface area (Å²) in [6.45, 7) is 6.31. The second kappa shape index (κ2) is 7.36. The van der Waals surface area contributed by atoms with E-state index in [0.717, 1.165) is 11.3 Å². The molecule has 4 nitrogen and oxygen atoms in total. The second-order valence-electron chi connectivity index (χ2n) is 4.70. The molecule has 0 amide bonds. The molecule has 18 heavy (non-hydrogen) atoms. The van der Waals surface area contributed by atoms with Gasteiger partial charge in [0.1, 0.15) is 18.5 Å². The molecule has 2 atom stereocenters. The number of rotatable bonds is 7. The van der Waals surface area contributed by atoms with Crippen molar-refractivity contribution in [3.63, 3.8) is 0 Å². The molecule has 1 rings (SSSR count). The molecule has 0 fully saturated rings. The van der Waals surface area contributed by atoms with E-state index in [4.69, 9.17) is 15.2 Å². The molecule has 0 spiro atoms. The number of aliphatic hydroxyl groups excluding tert-OH is 1. The van der Waals surface area contributed by atoms with Gasteiger partial charge in [-0.1, -0.05) is 12.1 Å². The highest BCUT2D eigenvalue weighted by Gasteiger charge is 2.07. The second-order valence-corrected chi connectivity index (χ2v) is 4.70. The van der Waals surface area contributed by atoms with Crippen molar-refractivity contribution in [1.82, 2.24) is 0 Å². The van der Waals surface area contributed by atoms with Gasteiger partial charge in [0.05, 0.1) is 12.7 Å². The summed E-state index contributed by atoms with van der Waals surface area (Å²) in [5, 5.41) is 9.63. The molecule has 0 aliphatic carbocycles. The van der Waals surface area contributed by atoms with Crippen LogP contribution in [0.1, 0.15) is 32.4 Å². The normalized spacial score (nSPS) is 14.6. The maximum absolute atomic E-state index is 9.63. The van der Waals surface area contributed by atoms with Crippen LogP contribution >= 0.6 is 0 Å². The molecule has 3 N–H and O–H groups in total. The first-order chi connectivity index (χ1) is 8.49. The van der Waals surface area contributed by atoms with E-state index in [2.05, 4.69) is 0 Å². The van der Waals surface area contributed by atoms with Gasteiger partial charge in [-0.15, -0.1) is 0 Å². The molecule has 1 aromatic rings. The molecule has 1 unspecified atom stereocenters. The Labute approximate surface area is 109 Å². The van der Waals surface area contributed by atoms with Crippen LogP contribution in [0.4, 0.5) is 0 Å². The van der Waals surface area contributed by atoms with Crippen LogP contribution < -0.4 is 10.5 Å². The third-order valence-electron chi connectivity index (χ3n) is 2.47. The molecule has 0 radical (unpaired) electrons. The van der Waals surface area contributed by atoms with E-state index in [-0.39, 0.29) is 25.4 Å². The van der Waals surface area contributed by atoms with Crippen molar-refractivity contribution in [1.29, 1.82) is 0 Å². The first-order valence-corrected chi connectivity index (χ1v) is 6.27. The first kappa shape index (κ1) is 15.0. The fraction of sp³-hybridized carbons (Fsp3) is 0.571. The molecule has 0 saturated heterocycles. The third-order valence-corrected chi connectivity index (χ3v) is 2.47. The summed E-state index contributed by atoms with van der Waals surface area (Å²) in [6.07, 6.45) is -0.495. The molecule has 102 valence electrons. The number of nitrogens with two attached hydrogens (primary N) is 1. The highest BCUT2D eigenvalue weighted by atomic mass is 16.5. The van der Waals surface area contributed by atoms with E-state index in [9.17, 15) is 5.11 Å². The Bertz CT molecular complexity index is 335. The van der Waals surface area contributed by atoms with Gasteiger partial charge in [-0.3, -0.25) is 0 Å². The van der Waals surface area contributed by atoms with Gasteiger partial charge < -0.3 is 20.3 Å². The Morgan fingerprint density at radius 1 is 1.11 bits per heavy atom. The lowest BCUT2D eigenvalue weighted by Gasteiger charge is -2.15. The van der Waals surface area contributed by atoms with Crippen LogP contribution in [0.15, 0.2) is 24.3 Å². The van der Waals surface area contributed by atoms with Crippen LogP contribution in [-0.2, 0) is 4.74 Å². The summed E-state index contributed by atoms with van der Waals surface area (Å²) >= 11 is 0. The topological polar surface area (TPSA) is 64.7 Å². The van der Waals surface area contributed by atoms with E-state index in [1.807, 2.05) is 45.0 Å². The Kier molecular flexibility index (Phi) is 6.12. The largest absolute Gasteiger partial charge is 0.491 e. The van der Waals surface area contributed by atoms with Crippen molar-refractivity contribution >= 4 is 0 Å². The molecule has 1 aromatic carbocycles. The van der Waals surface area contributed by atoms with Crippen LogP contribution in [0.2, 0.25) is 0 Å². The van der Waals surface area contributed by atoms with Crippen LogP contribution in [-0.4, -0.2) is 30.5 Å². The van der Waals surface area contributed by atoms with Crippen molar-refractivity contribution in [3.8, 4) is 5.75 Å². The minimum atomic E-state index is -0.611. The van der Waals surface area contributed by atoms with E-state index >= 15 is 0 Å². The van der Waals surface area contributed by atoms with Gasteiger partial charge in [0, 0.05) is 6.04 Å². The Morgan fingerprint density at radius 2 is 1.72 bits per heavy atom. The summed E-state index contributed by atoms with van der Waals surface area (Å²) in [7, 11) is 0. The Hall–Kier alpha value is -1.10. The first-order valence-electron chi connectivity index (χ1n) is 6.27. The minimum absolute atomic E-state index is 0.0177. The summed E-state index contributed by atoms with van der Waals surface area (Å²) in [5.41, 5.74) is 6.82. The Balaban J connectivity index is 2.34. The maximum Gasteiger partial charge on any atom is 0.119 e. The lowest BCUT2D eigenvalue weighted by molar-refractivity contribution is -0.0122. The van der Waals surface area contributed by atoms with Crippen LogP contribution in [0, 0.1) is 0 Å². The van der Waals surface area contributed by atoms with Gasteiger partial charge in [0.2, 0.25) is 0 Å². The zero-order chi connectivity index (χ0) is 13.5. The van der Waals surface area contributed by atoms with Crippen molar-refractivity contribution < 1.29 is 14.6 Å². The number of benzene rings is 1. The standard InChI is InChI=1S/C14H23NO3/c1-10(2)17-8-13(16)9-18-14-6-4-12(5-7-14)11(3)15/h4-7,10-11,13,16H,8-9,15H2,1-3H3/t11-,13?/m0/s1. The highest BCUT2D eigenvalue weighted by molar-refractivity contribution is 5.28. The number of hydrogen-bond acceptors (Lipinski definition) is 4. The SMILES string of the molecule is CC(C)OCC(O)COc1ccc([C@H](C)N)cc1. The molecule has 0 aliphatic heterocycles. The van der Waals surface area contributed by atoms with Gasteiger partial charge in [-0.05, 0) is 38.5 Å². The van der Waals surface area contributed by atoms with Gasteiger partial charge >= 0.3 is 0 Å². The molecular weight excluding hydrogens is 230 g/mol. The maximum atomic E-state index is 9.63. The van der Waals surface area contributed by atoms with Crippen LogP contribution in [0.3, 0.4) is 0 Å². The van der Waals surface area contributed by atoms with Gasteiger partial charge in [0.15, 0.2) is 0 Å². The molecule has 4 heteroatoms. The summed E-state index contributed by atoms with van der Waals surface area (Å²) in [5.74, 6) is 0.725. The molecule has 0 bridgehead atoms. The highest BCUT2D eigenvalue weighted by Crippen LogP contribution is 2.16. The van der Waals surface area contributed by atoms with Crippen molar-refractivity contribution in [3.05, 3.63) is 29.8 Å². The summed E-state index contributed by atoms with van der Waals surface area (Å²) in [6, 6.07) is 7.58. The molecule has 0 saturated carbocycles. The van der Waals surface area contributed by atoms with E-state index in [0.29, 0.717) is 0 Å². The molecule has 0 heterocycles. The fourth-order valence-corrected chi connectivity index (χ4v) is 1.41. The van der Waals surface area contributed by atoms with Crippen LogP contribution in [0.25, 0.3) is 0 Å². The van der Waals surface area contributed by atoms with Crippen LogP contribution in [0.5, 0.6) is 5.75 Å². The predicted molar refractivity (Wildman–Crippen MR) is 71.6 cm³/mol. The monoisotopic (exact) mass is 253 g/mol. The lowest BCUT2D eigenvalue weighted by Crippen LogP contribution is -2.25. The average molecular weight is 253 g/mol. The predicted octanol–water partition coefficient (Wildman–Crippen LogP) is 1.87. The van der Waals surface area contributed by atoms with Crippen molar-refractivity contribution in [2.24, 2.45) is 5.73 Å². The minimum Gasteiger partial charge on any atom is -0.491 e. The lowest BCUT2D eigenvalue weighted by atomic mass is 10.1. The molecule has 0 aromatic heterocycles. The van der Waals surface area contributed by atoms with E-state index in [1.54, 1.807) is 0 Å². The zero-order valence-electron chi connectivity index (χ0n) is 11.3. The summed E-state index contributed by atoms with van der Waals surface area (Å²) < 4.78 is 10.8. The average Bonchev–Trinajstić information content (AvgIpc) is 2.34. The van der Waals surface area contributed by atoms with Gasteiger partial charge in [0.25, 0.3) is 0 Å². The third kappa shape index (κ3) is 5.49. The Morgan fingerprint density at radius 3 is 2.22 bits per heavy atom. The fourth-order valence-electron chi connectivity index (χ4n) is 1.41. The number of aliphatic hydroxyl groups is 1. The van der Waals surface area contributed by atoms with Gasteiger partial charge in [-0.25, -0.2) is 0 Å². The zero-order valence-corrected chi connectivity index (χ0v) is 11.3. The number of ether oxygens (including phenoxy) is 2. The van der Waals surface area contributed by atoms with Crippen molar-refractivity contribution in [2.75, 3.05) is 13.2 Å². The quantitative estimate of drug-likeness (QED) is 0.778. The smallest absolute Gasteiger partial charge is 0.119 e. The van der Waals surface area contributed by atoms with E-state index in [1.165, 1.54) is 0 Å².